The molecule has 1 amide bonds. The molecule has 0 fully saturated rings. The van der Waals surface area contributed by atoms with E-state index in [2.05, 4.69) is 10.1 Å². The van der Waals surface area contributed by atoms with Crippen molar-refractivity contribution in [3.05, 3.63) is 35.4 Å². The molecule has 1 aromatic rings. The molecule has 0 aliphatic heterocycles. The van der Waals surface area contributed by atoms with E-state index in [1.807, 2.05) is 6.26 Å². The number of ether oxygens (including phenoxy) is 1. The van der Waals surface area contributed by atoms with Gasteiger partial charge in [-0.05, 0) is 37.4 Å². The summed E-state index contributed by atoms with van der Waals surface area (Å²) in [5.74, 6) is -0.197. The monoisotopic (exact) mass is 297 g/mol. The molecule has 0 aromatic heterocycles. The summed E-state index contributed by atoms with van der Waals surface area (Å²) in [6.07, 6.45) is 1.89. The van der Waals surface area contributed by atoms with Crippen molar-refractivity contribution in [1.29, 1.82) is 0 Å². The van der Waals surface area contributed by atoms with Crippen molar-refractivity contribution in [1.82, 2.24) is 5.32 Å². The molecule has 0 saturated heterocycles. The minimum atomic E-state index is -0.943. The van der Waals surface area contributed by atoms with E-state index in [0.29, 0.717) is 16.9 Å². The van der Waals surface area contributed by atoms with Gasteiger partial charge in [0.1, 0.15) is 0 Å². The van der Waals surface area contributed by atoms with Gasteiger partial charge in [-0.2, -0.15) is 11.8 Å². The Hall–Kier alpha value is -1.53. The predicted octanol–water partition coefficient (Wildman–Crippen LogP) is 1.32. The van der Waals surface area contributed by atoms with Crippen LogP contribution in [-0.4, -0.2) is 48.2 Å². The fourth-order valence-electron chi connectivity index (χ4n) is 1.61. The number of amides is 1. The summed E-state index contributed by atoms with van der Waals surface area (Å²) in [7, 11) is 1.30. The summed E-state index contributed by atoms with van der Waals surface area (Å²) in [6, 6.07) is 6.15. The van der Waals surface area contributed by atoms with Gasteiger partial charge in [0, 0.05) is 17.9 Å². The molecule has 1 aromatic carbocycles. The largest absolute Gasteiger partial charge is 0.465 e. The molecular formula is C14H19NO4S. The zero-order valence-electron chi connectivity index (χ0n) is 11.8. The van der Waals surface area contributed by atoms with Crippen molar-refractivity contribution in [3.63, 3.8) is 0 Å². The summed E-state index contributed by atoms with van der Waals surface area (Å²) >= 11 is 1.51. The number of rotatable bonds is 6. The van der Waals surface area contributed by atoms with Gasteiger partial charge in [-0.1, -0.05) is 0 Å². The fourth-order valence-corrected chi connectivity index (χ4v) is 2.33. The van der Waals surface area contributed by atoms with Crippen LogP contribution in [0.2, 0.25) is 0 Å². The molecule has 5 nitrogen and oxygen atoms in total. The van der Waals surface area contributed by atoms with Gasteiger partial charge in [0.2, 0.25) is 0 Å². The van der Waals surface area contributed by atoms with E-state index in [9.17, 15) is 14.7 Å². The average Bonchev–Trinajstić information content (AvgIpc) is 2.44. The Bertz CT molecular complexity index is 471. The van der Waals surface area contributed by atoms with E-state index >= 15 is 0 Å². The quantitative estimate of drug-likeness (QED) is 0.775. The minimum absolute atomic E-state index is 0.172. The van der Waals surface area contributed by atoms with Crippen LogP contribution in [-0.2, 0) is 4.74 Å². The van der Waals surface area contributed by atoms with Gasteiger partial charge in [0.15, 0.2) is 0 Å². The first kappa shape index (κ1) is 16.5. The highest BCUT2D eigenvalue weighted by Gasteiger charge is 2.20. The molecule has 1 unspecified atom stereocenters. The van der Waals surface area contributed by atoms with Gasteiger partial charge in [-0.25, -0.2) is 4.79 Å². The number of nitrogens with one attached hydrogen (secondary N) is 1. The van der Waals surface area contributed by atoms with Crippen molar-refractivity contribution in [2.75, 3.05) is 25.7 Å². The van der Waals surface area contributed by atoms with Gasteiger partial charge in [0.05, 0.1) is 18.3 Å². The molecule has 110 valence electrons. The van der Waals surface area contributed by atoms with Gasteiger partial charge in [-0.3, -0.25) is 4.79 Å². The molecule has 0 bridgehead atoms. The van der Waals surface area contributed by atoms with E-state index < -0.39 is 11.6 Å². The second-order valence-electron chi connectivity index (χ2n) is 4.68. The highest BCUT2D eigenvalue weighted by atomic mass is 32.2. The molecule has 0 aliphatic carbocycles. The zero-order valence-corrected chi connectivity index (χ0v) is 12.6. The van der Waals surface area contributed by atoms with Crippen LogP contribution in [0, 0.1) is 0 Å². The van der Waals surface area contributed by atoms with E-state index in [1.165, 1.54) is 31.0 Å². The number of benzene rings is 1. The minimum Gasteiger partial charge on any atom is -0.465 e. The number of esters is 1. The summed E-state index contributed by atoms with van der Waals surface area (Å²) in [4.78, 5) is 23.2. The zero-order chi connectivity index (χ0) is 15.2. The molecular weight excluding hydrogens is 278 g/mol. The number of hydrogen-bond acceptors (Lipinski definition) is 5. The molecule has 0 radical (unpaired) electrons. The van der Waals surface area contributed by atoms with Crippen LogP contribution < -0.4 is 5.32 Å². The lowest BCUT2D eigenvalue weighted by molar-refractivity contribution is 0.0600. The molecule has 20 heavy (non-hydrogen) atoms. The Morgan fingerprint density at radius 1 is 1.30 bits per heavy atom. The van der Waals surface area contributed by atoms with Crippen LogP contribution in [0.15, 0.2) is 24.3 Å². The molecule has 1 rings (SSSR count). The predicted molar refractivity (Wildman–Crippen MR) is 79.1 cm³/mol. The maximum atomic E-state index is 11.9. The third kappa shape index (κ3) is 4.86. The normalized spacial score (nSPS) is 13.4. The van der Waals surface area contributed by atoms with Crippen molar-refractivity contribution in [2.24, 2.45) is 0 Å². The highest BCUT2D eigenvalue weighted by molar-refractivity contribution is 7.98. The van der Waals surface area contributed by atoms with Crippen molar-refractivity contribution >= 4 is 23.6 Å². The van der Waals surface area contributed by atoms with Crippen LogP contribution >= 0.6 is 11.8 Å². The standard InChI is InChI=1S/C14H19NO4S/c1-14(18,9-20-3)8-15-12(16)10-4-6-11(7-5-10)13(17)19-2/h4-7,18H,8-9H2,1-3H3,(H,15,16). The first-order chi connectivity index (χ1) is 9.39. The van der Waals surface area contributed by atoms with E-state index in [0.717, 1.165) is 0 Å². The van der Waals surface area contributed by atoms with Crippen LogP contribution in [0.25, 0.3) is 0 Å². The molecule has 0 aliphatic rings. The molecule has 0 heterocycles. The van der Waals surface area contributed by atoms with Gasteiger partial charge in [-0.15, -0.1) is 0 Å². The van der Waals surface area contributed by atoms with Crippen molar-refractivity contribution < 1.29 is 19.4 Å². The first-order valence-electron chi connectivity index (χ1n) is 6.07. The number of carbonyl (C=O) groups is 2. The second kappa shape index (κ2) is 7.31. The van der Waals surface area contributed by atoms with Gasteiger partial charge >= 0.3 is 5.97 Å². The lowest BCUT2D eigenvalue weighted by atomic mass is 10.1. The lowest BCUT2D eigenvalue weighted by Crippen LogP contribution is -2.42. The number of thioether (sulfide) groups is 1. The molecule has 0 saturated carbocycles. The van der Waals surface area contributed by atoms with Crippen molar-refractivity contribution in [3.8, 4) is 0 Å². The Morgan fingerprint density at radius 3 is 2.35 bits per heavy atom. The average molecular weight is 297 g/mol. The lowest BCUT2D eigenvalue weighted by Gasteiger charge is -2.22. The Morgan fingerprint density at radius 2 is 1.85 bits per heavy atom. The maximum Gasteiger partial charge on any atom is 0.337 e. The molecule has 0 spiro atoms. The number of carbonyl (C=O) groups excluding carboxylic acids is 2. The number of hydrogen-bond donors (Lipinski definition) is 2. The van der Waals surface area contributed by atoms with Gasteiger partial charge < -0.3 is 15.2 Å². The van der Waals surface area contributed by atoms with Crippen LogP contribution in [0.5, 0.6) is 0 Å². The van der Waals surface area contributed by atoms with E-state index in [4.69, 9.17) is 0 Å². The maximum absolute atomic E-state index is 11.9. The third-order valence-corrected chi connectivity index (χ3v) is 3.56. The van der Waals surface area contributed by atoms with Crippen LogP contribution in [0.3, 0.4) is 0 Å². The van der Waals surface area contributed by atoms with Gasteiger partial charge in [0.25, 0.3) is 5.91 Å². The van der Waals surface area contributed by atoms with Crippen LogP contribution in [0.4, 0.5) is 0 Å². The number of aliphatic hydroxyl groups is 1. The Labute approximate surface area is 122 Å². The van der Waals surface area contributed by atoms with E-state index in [1.54, 1.807) is 19.1 Å². The molecule has 6 heteroatoms. The summed E-state index contributed by atoms with van der Waals surface area (Å²) in [5.41, 5.74) is -0.128. The first-order valence-corrected chi connectivity index (χ1v) is 7.47. The fraction of sp³-hybridized carbons (Fsp3) is 0.429. The van der Waals surface area contributed by atoms with Crippen LogP contribution in [0.1, 0.15) is 27.6 Å². The topological polar surface area (TPSA) is 75.6 Å². The summed E-state index contributed by atoms with van der Waals surface area (Å²) < 4.78 is 4.58. The Kier molecular flexibility index (Phi) is 6.04. The third-order valence-electron chi connectivity index (χ3n) is 2.65. The second-order valence-corrected chi connectivity index (χ2v) is 5.55. The number of methoxy groups -OCH3 is 1. The molecule has 2 N–H and O–H groups in total. The smallest absolute Gasteiger partial charge is 0.337 e. The Balaban J connectivity index is 2.62. The van der Waals surface area contributed by atoms with Crippen molar-refractivity contribution in [2.45, 2.75) is 12.5 Å². The summed E-state index contributed by atoms with van der Waals surface area (Å²) in [6.45, 7) is 1.84. The SMILES string of the molecule is COC(=O)c1ccc(C(=O)NCC(C)(O)CSC)cc1. The summed E-state index contributed by atoms with van der Waals surface area (Å²) in [5, 5.41) is 12.6. The molecule has 1 atom stereocenters. The van der Waals surface area contributed by atoms with E-state index in [-0.39, 0.29) is 12.5 Å². The highest BCUT2D eigenvalue weighted by Crippen LogP contribution is 2.10.